The Morgan fingerprint density at radius 3 is 2.61 bits per heavy atom. The largest absolute Gasteiger partial charge is 0.379 e. The highest BCUT2D eigenvalue weighted by Gasteiger charge is 2.09. The van der Waals surface area contributed by atoms with Gasteiger partial charge in [-0.25, -0.2) is 9.97 Å². The van der Waals surface area contributed by atoms with E-state index in [0.29, 0.717) is 0 Å². The lowest BCUT2D eigenvalue weighted by atomic mass is 10.2. The molecule has 0 aliphatic carbocycles. The van der Waals surface area contributed by atoms with Crippen LogP contribution in [0.2, 0.25) is 0 Å². The third-order valence-electron chi connectivity index (χ3n) is 3.83. The molecule has 3 rings (SSSR count). The van der Waals surface area contributed by atoms with Crippen molar-refractivity contribution in [3.63, 3.8) is 0 Å². The predicted octanol–water partition coefficient (Wildman–Crippen LogP) is 2.27. The molecule has 122 valence electrons. The summed E-state index contributed by atoms with van der Waals surface area (Å²) in [6.45, 7) is 7.60. The van der Waals surface area contributed by atoms with Gasteiger partial charge in [-0.15, -0.1) is 0 Å². The van der Waals surface area contributed by atoms with Crippen molar-refractivity contribution in [2.45, 2.75) is 6.92 Å². The van der Waals surface area contributed by atoms with Crippen molar-refractivity contribution in [1.29, 1.82) is 0 Å². The van der Waals surface area contributed by atoms with Gasteiger partial charge in [0, 0.05) is 37.9 Å². The predicted molar refractivity (Wildman–Crippen MR) is 92.2 cm³/mol. The fourth-order valence-corrected chi connectivity index (χ4v) is 2.47. The second-order valence-corrected chi connectivity index (χ2v) is 5.66. The van der Waals surface area contributed by atoms with Crippen molar-refractivity contribution in [2.24, 2.45) is 0 Å². The van der Waals surface area contributed by atoms with E-state index < -0.39 is 0 Å². The van der Waals surface area contributed by atoms with Crippen molar-refractivity contribution in [3.8, 4) is 0 Å². The van der Waals surface area contributed by atoms with Crippen LogP contribution in [0, 0.1) is 6.92 Å². The molecular formula is C17H23N5O. The van der Waals surface area contributed by atoms with E-state index in [1.807, 2.05) is 18.2 Å². The Bertz CT molecular complexity index is 611. The van der Waals surface area contributed by atoms with Gasteiger partial charge >= 0.3 is 0 Å². The van der Waals surface area contributed by atoms with E-state index in [1.54, 1.807) is 6.33 Å². The van der Waals surface area contributed by atoms with E-state index in [0.717, 1.165) is 56.7 Å². The summed E-state index contributed by atoms with van der Waals surface area (Å²) in [6, 6.07) is 10.2. The molecule has 1 aromatic carbocycles. The average Bonchev–Trinajstić information content (AvgIpc) is 2.58. The standard InChI is InChI=1S/C17H23N5O/c1-14-2-4-15(5-3-14)21-17-12-16(19-13-20-17)18-6-7-22-8-10-23-11-9-22/h2-5,12-13H,6-11H2,1H3,(H2,18,19,20,21). The van der Waals surface area contributed by atoms with Crippen molar-refractivity contribution >= 4 is 17.3 Å². The van der Waals surface area contributed by atoms with Crippen LogP contribution in [0.4, 0.5) is 17.3 Å². The minimum atomic E-state index is 0.790. The molecule has 6 nitrogen and oxygen atoms in total. The summed E-state index contributed by atoms with van der Waals surface area (Å²) in [7, 11) is 0. The Morgan fingerprint density at radius 2 is 1.83 bits per heavy atom. The fraction of sp³-hybridized carbons (Fsp3) is 0.412. The number of nitrogens with zero attached hydrogens (tertiary/aromatic N) is 3. The molecule has 1 aliphatic rings. The zero-order valence-corrected chi connectivity index (χ0v) is 13.5. The first kappa shape index (κ1) is 15.7. The molecular weight excluding hydrogens is 290 g/mol. The number of aryl methyl sites for hydroxylation is 1. The van der Waals surface area contributed by atoms with E-state index in [2.05, 4.69) is 44.6 Å². The lowest BCUT2D eigenvalue weighted by molar-refractivity contribution is 0.0398. The number of nitrogens with one attached hydrogen (secondary N) is 2. The minimum absolute atomic E-state index is 0.790. The number of hydrogen-bond acceptors (Lipinski definition) is 6. The number of hydrogen-bond donors (Lipinski definition) is 2. The lowest BCUT2D eigenvalue weighted by Crippen LogP contribution is -2.39. The Hall–Kier alpha value is -2.18. The molecule has 1 fully saturated rings. The second kappa shape index (κ2) is 7.89. The minimum Gasteiger partial charge on any atom is -0.379 e. The van der Waals surface area contributed by atoms with Crippen molar-refractivity contribution in [1.82, 2.24) is 14.9 Å². The highest BCUT2D eigenvalue weighted by Crippen LogP contribution is 2.16. The highest BCUT2D eigenvalue weighted by molar-refractivity contribution is 5.58. The van der Waals surface area contributed by atoms with E-state index in [1.165, 1.54) is 5.56 Å². The molecule has 6 heteroatoms. The van der Waals surface area contributed by atoms with Crippen LogP contribution in [0.3, 0.4) is 0 Å². The molecule has 2 heterocycles. The molecule has 1 aromatic heterocycles. The maximum atomic E-state index is 5.35. The van der Waals surface area contributed by atoms with Crippen LogP contribution in [0.1, 0.15) is 5.56 Å². The van der Waals surface area contributed by atoms with Crippen molar-refractivity contribution < 1.29 is 4.74 Å². The number of anilines is 3. The van der Waals surface area contributed by atoms with Gasteiger partial charge in [-0.05, 0) is 19.1 Å². The fourth-order valence-electron chi connectivity index (χ4n) is 2.47. The Labute approximate surface area is 136 Å². The van der Waals surface area contributed by atoms with Gasteiger partial charge in [0.2, 0.25) is 0 Å². The van der Waals surface area contributed by atoms with Crippen LogP contribution in [-0.4, -0.2) is 54.3 Å². The molecule has 0 saturated carbocycles. The lowest BCUT2D eigenvalue weighted by Gasteiger charge is -2.26. The molecule has 0 unspecified atom stereocenters. The van der Waals surface area contributed by atoms with Crippen LogP contribution < -0.4 is 10.6 Å². The van der Waals surface area contributed by atoms with Crippen molar-refractivity contribution in [2.75, 3.05) is 50.0 Å². The van der Waals surface area contributed by atoms with E-state index in [-0.39, 0.29) is 0 Å². The SMILES string of the molecule is Cc1ccc(Nc2cc(NCCN3CCOCC3)ncn2)cc1. The first-order valence-electron chi connectivity index (χ1n) is 7.99. The summed E-state index contributed by atoms with van der Waals surface area (Å²) < 4.78 is 5.35. The van der Waals surface area contributed by atoms with Crippen LogP contribution in [0.15, 0.2) is 36.7 Å². The Balaban J connectivity index is 1.51. The maximum Gasteiger partial charge on any atom is 0.135 e. The van der Waals surface area contributed by atoms with Gasteiger partial charge in [0.05, 0.1) is 13.2 Å². The molecule has 1 aliphatic heterocycles. The number of morpholine rings is 1. The highest BCUT2D eigenvalue weighted by atomic mass is 16.5. The molecule has 2 N–H and O–H groups in total. The van der Waals surface area contributed by atoms with Gasteiger partial charge in [0.25, 0.3) is 0 Å². The maximum absolute atomic E-state index is 5.35. The third-order valence-corrected chi connectivity index (χ3v) is 3.83. The van der Waals surface area contributed by atoms with Gasteiger partial charge in [0.1, 0.15) is 18.0 Å². The van der Waals surface area contributed by atoms with Crippen LogP contribution in [0.25, 0.3) is 0 Å². The first-order chi connectivity index (χ1) is 11.3. The third kappa shape index (κ3) is 4.91. The van der Waals surface area contributed by atoms with E-state index >= 15 is 0 Å². The van der Waals surface area contributed by atoms with E-state index in [4.69, 9.17) is 4.74 Å². The number of benzene rings is 1. The topological polar surface area (TPSA) is 62.3 Å². The van der Waals surface area contributed by atoms with Crippen molar-refractivity contribution in [3.05, 3.63) is 42.2 Å². The van der Waals surface area contributed by atoms with Crippen LogP contribution >= 0.6 is 0 Å². The molecule has 0 atom stereocenters. The van der Waals surface area contributed by atoms with E-state index in [9.17, 15) is 0 Å². The summed E-state index contributed by atoms with van der Waals surface area (Å²) >= 11 is 0. The zero-order chi connectivity index (χ0) is 15.9. The van der Waals surface area contributed by atoms with Crippen LogP contribution in [0.5, 0.6) is 0 Å². The number of rotatable bonds is 6. The van der Waals surface area contributed by atoms with Gasteiger partial charge in [-0.3, -0.25) is 4.90 Å². The molecule has 1 saturated heterocycles. The zero-order valence-electron chi connectivity index (χ0n) is 13.5. The summed E-state index contributed by atoms with van der Waals surface area (Å²) in [4.78, 5) is 10.9. The molecule has 0 bridgehead atoms. The number of aromatic nitrogens is 2. The molecule has 23 heavy (non-hydrogen) atoms. The average molecular weight is 313 g/mol. The first-order valence-corrected chi connectivity index (χ1v) is 7.99. The normalized spacial score (nSPS) is 15.3. The summed E-state index contributed by atoms with van der Waals surface area (Å²) in [6.07, 6.45) is 1.58. The molecule has 0 spiro atoms. The summed E-state index contributed by atoms with van der Waals surface area (Å²) in [5, 5.41) is 6.65. The van der Waals surface area contributed by atoms with Gasteiger partial charge < -0.3 is 15.4 Å². The number of ether oxygens (including phenoxy) is 1. The second-order valence-electron chi connectivity index (χ2n) is 5.66. The quantitative estimate of drug-likeness (QED) is 0.853. The van der Waals surface area contributed by atoms with Gasteiger partial charge in [0.15, 0.2) is 0 Å². The monoisotopic (exact) mass is 313 g/mol. The summed E-state index contributed by atoms with van der Waals surface area (Å²) in [5.41, 5.74) is 2.26. The Morgan fingerprint density at radius 1 is 1.09 bits per heavy atom. The Kier molecular flexibility index (Phi) is 5.39. The van der Waals surface area contributed by atoms with Gasteiger partial charge in [-0.2, -0.15) is 0 Å². The van der Waals surface area contributed by atoms with Gasteiger partial charge in [-0.1, -0.05) is 17.7 Å². The van der Waals surface area contributed by atoms with Crippen LogP contribution in [-0.2, 0) is 4.74 Å². The molecule has 0 radical (unpaired) electrons. The smallest absolute Gasteiger partial charge is 0.135 e. The summed E-state index contributed by atoms with van der Waals surface area (Å²) in [5.74, 6) is 1.63. The molecule has 0 amide bonds. The molecule has 2 aromatic rings.